The minimum atomic E-state index is 0.0355. The molecular formula is C14H24N4O. The molecule has 1 rings (SSSR count). The van der Waals surface area contributed by atoms with Crippen LogP contribution in [0.2, 0.25) is 0 Å². The molecule has 0 fully saturated rings. The van der Waals surface area contributed by atoms with Gasteiger partial charge < -0.3 is 10.9 Å². The number of nitrogens with zero attached hydrogens (tertiary/aromatic N) is 3. The summed E-state index contributed by atoms with van der Waals surface area (Å²) in [6.07, 6.45) is 1.68. The van der Waals surface area contributed by atoms with Gasteiger partial charge in [0.25, 0.3) is 0 Å². The summed E-state index contributed by atoms with van der Waals surface area (Å²) in [4.78, 5) is 6.36. The van der Waals surface area contributed by atoms with Crippen molar-refractivity contribution in [1.29, 1.82) is 0 Å². The van der Waals surface area contributed by atoms with Gasteiger partial charge in [0.1, 0.15) is 5.69 Å². The Morgan fingerprint density at radius 1 is 1.53 bits per heavy atom. The number of oxime groups is 1. The third-order valence-corrected chi connectivity index (χ3v) is 3.54. The average Bonchev–Trinajstić information content (AvgIpc) is 2.36. The highest BCUT2D eigenvalue weighted by Crippen LogP contribution is 2.24. The van der Waals surface area contributed by atoms with Crippen molar-refractivity contribution in [3.8, 4) is 0 Å². The van der Waals surface area contributed by atoms with Gasteiger partial charge in [0, 0.05) is 18.8 Å². The van der Waals surface area contributed by atoms with Crippen LogP contribution in [0.3, 0.4) is 0 Å². The van der Waals surface area contributed by atoms with Crippen molar-refractivity contribution >= 4 is 5.84 Å². The van der Waals surface area contributed by atoms with Gasteiger partial charge in [-0.3, -0.25) is 9.88 Å². The van der Waals surface area contributed by atoms with Crippen LogP contribution in [0.25, 0.3) is 0 Å². The maximum absolute atomic E-state index is 8.67. The number of aromatic nitrogens is 1. The van der Waals surface area contributed by atoms with Crippen molar-refractivity contribution in [3.05, 3.63) is 29.6 Å². The van der Waals surface area contributed by atoms with E-state index in [4.69, 9.17) is 10.9 Å². The van der Waals surface area contributed by atoms with Crippen LogP contribution in [0.4, 0.5) is 0 Å². The molecule has 1 heterocycles. The van der Waals surface area contributed by atoms with E-state index in [1.165, 1.54) is 0 Å². The van der Waals surface area contributed by atoms with Crippen LogP contribution < -0.4 is 5.73 Å². The number of pyridine rings is 1. The zero-order valence-electron chi connectivity index (χ0n) is 12.4. The van der Waals surface area contributed by atoms with E-state index >= 15 is 0 Å². The summed E-state index contributed by atoms with van der Waals surface area (Å²) in [6.45, 7) is 9.69. The largest absolute Gasteiger partial charge is 0.409 e. The topological polar surface area (TPSA) is 74.7 Å². The molecule has 1 atom stereocenters. The van der Waals surface area contributed by atoms with Crippen LogP contribution in [-0.4, -0.2) is 34.0 Å². The third-order valence-electron chi connectivity index (χ3n) is 3.54. The molecular weight excluding hydrogens is 240 g/mol. The fraction of sp³-hybridized carbons (Fsp3) is 0.571. The van der Waals surface area contributed by atoms with E-state index in [1.807, 2.05) is 12.1 Å². The second-order valence-corrected chi connectivity index (χ2v) is 5.99. The first-order chi connectivity index (χ1) is 8.75. The minimum Gasteiger partial charge on any atom is -0.409 e. The van der Waals surface area contributed by atoms with Gasteiger partial charge in [-0.05, 0) is 37.1 Å². The number of rotatable bonds is 4. The fourth-order valence-corrected chi connectivity index (χ4v) is 1.85. The highest BCUT2D eigenvalue weighted by Gasteiger charge is 2.23. The van der Waals surface area contributed by atoms with Crippen molar-refractivity contribution < 1.29 is 5.21 Å². The van der Waals surface area contributed by atoms with Crippen molar-refractivity contribution in [2.75, 3.05) is 7.05 Å². The normalized spacial score (nSPS) is 14.7. The molecule has 5 heteroatoms. The third kappa shape index (κ3) is 4.21. The van der Waals surface area contributed by atoms with Crippen LogP contribution >= 0.6 is 0 Å². The summed E-state index contributed by atoms with van der Waals surface area (Å²) in [6, 6.07) is 4.23. The Kier molecular flexibility index (Phi) is 4.89. The smallest absolute Gasteiger partial charge is 0.188 e. The van der Waals surface area contributed by atoms with E-state index in [1.54, 1.807) is 6.20 Å². The summed E-state index contributed by atoms with van der Waals surface area (Å²) in [5.74, 6) is 0.0355. The molecule has 0 aliphatic heterocycles. The SMILES string of the molecule is CC(N(C)Cc1ccnc(C(N)=NO)c1)C(C)(C)C. The van der Waals surface area contributed by atoms with Crippen molar-refractivity contribution in [2.24, 2.45) is 16.3 Å². The van der Waals surface area contributed by atoms with Gasteiger partial charge in [-0.2, -0.15) is 0 Å². The number of hydrogen-bond donors (Lipinski definition) is 2. The Balaban J connectivity index is 2.83. The zero-order chi connectivity index (χ0) is 14.6. The summed E-state index contributed by atoms with van der Waals surface area (Å²) in [5.41, 5.74) is 7.36. The molecule has 0 saturated carbocycles. The molecule has 1 aromatic rings. The predicted octanol–water partition coefficient (Wildman–Crippen LogP) is 2.04. The van der Waals surface area contributed by atoms with Crippen molar-refractivity contribution in [3.63, 3.8) is 0 Å². The molecule has 0 aliphatic rings. The van der Waals surface area contributed by atoms with Gasteiger partial charge in [0.05, 0.1) is 0 Å². The summed E-state index contributed by atoms with van der Waals surface area (Å²) < 4.78 is 0. The average molecular weight is 264 g/mol. The molecule has 19 heavy (non-hydrogen) atoms. The molecule has 106 valence electrons. The molecule has 5 nitrogen and oxygen atoms in total. The standard InChI is InChI=1S/C14H24N4O/c1-10(14(2,3)4)18(5)9-11-6-7-16-12(8-11)13(15)17-19/h6-8,10,19H,9H2,1-5H3,(H2,15,17). The first-order valence-corrected chi connectivity index (χ1v) is 6.38. The maximum atomic E-state index is 8.67. The van der Waals surface area contributed by atoms with E-state index in [9.17, 15) is 0 Å². The maximum Gasteiger partial charge on any atom is 0.188 e. The Hall–Kier alpha value is -1.62. The van der Waals surface area contributed by atoms with Crippen LogP contribution in [0, 0.1) is 5.41 Å². The Bertz CT molecular complexity index is 451. The summed E-state index contributed by atoms with van der Waals surface area (Å²) >= 11 is 0. The molecule has 0 spiro atoms. The first-order valence-electron chi connectivity index (χ1n) is 6.38. The van der Waals surface area contributed by atoms with E-state index in [0.717, 1.165) is 12.1 Å². The Morgan fingerprint density at radius 3 is 2.68 bits per heavy atom. The van der Waals surface area contributed by atoms with E-state index in [-0.39, 0.29) is 11.3 Å². The van der Waals surface area contributed by atoms with Crippen molar-refractivity contribution in [1.82, 2.24) is 9.88 Å². The lowest BCUT2D eigenvalue weighted by Gasteiger charge is -2.35. The number of nitrogens with two attached hydrogens (primary N) is 1. The van der Waals surface area contributed by atoms with Crippen LogP contribution in [-0.2, 0) is 6.54 Å². The monoisotopic (exact) mass is 264 g/mol. The van der Waals surface area contributed by atoms with Crippen LogP contribution in [0.1, 0.15) is 39.0 Å². The summed E-state index contributed by atoms with van der Waals surface area (Å²) in [7, 11) is 2.10. The highest BCUT2D eigenvalue weighted by atomic mass is 16.4. The van der Waals surface area contributed by atoms with Gasteiger partial charge in [-0.25, -0.2) is 0 Å². The van der Waals surface area contributed by atoms with Gasteiger partial charge in [0.2, 0.25) is 0 Å². The molecule has 0 bridgehead atoms. The van der Waals surface area contributed by atoms with E-state index in [0.29, 0.717) is 11.7 Å². The van der Waals surface area contributed by atoms with E-state index in [2.05, 4.69) is 49.8 Å². The van der Waals surface area contributed by atoms with E-state index < -0.39 is 0 Å². The molecule has 1 unspecified atom stereocenters. The Labute approximate surface area is 115 Å². The molecule has 1 aromatic heterocycles. The molecule has 0 aliphatic carbocycles. The Morgan fingerprint density at radius 2 is 2.16 bits per heavy atom. The molecule has 0 aromatic carbocycles. The molecule has 0 saturated heterocycles. The van der Waals surface area contributed by atoms with Crippen molar-refractivity contribution in [2.45, 2.75) is 40.3 Å². The molecule has 0 amide bonds. The second-order valence-electron chi connectivity index (χ2n) is 5.99. The number of amidine groups is 1. The predicted molar refractivity (Wildman–Crippen MR) is 77.1 cm³/mol. The second kappa shape index (κ2) is 6.02. The van der Waals surface area contributed by atoms with Crippen LogP contribution in [0.5, 0.6) is 0 Å². The molecule has 3 N–H and O–H groups in total. The summed E-state index contributed by atoms with van der Waals surface area (Å²) in [5, 5.41) is 11.6. The van der Waals surface area contributed by atoms with Crippen LogP contribution in [0.15, 0.2) is 23.5 Å². The lowest BCUT2D eigenvalue weighted by Crippen LogP contribution is -2.38. The van der Waals surface area contributed by atoms with Gasteiger partial charge >= 0.3 is 0 Å². The fourth-order valence-electron chi connectivity index (χ4n) is 1.85. The van der Waals surface area contributed by atoms with Gasteiger partial charge in [0.15, 0.2) is 5.84 Å². The quantitative estimate of drug-likeness (QED) is 0.378. The highest BCUT2D eigenvalue weighted by molar-refractivity contribution is 5.95. The number of hydrogen-bond acceptors (Lipinski definition) is 4. The van der Waals surface area contributed by atoms with Gasteiger partial charge in [-0.15, -0.1) is 0 Å². The molecule has 0 radical (unpaired) electrons. The lowest BCUT2D eigenvalue weighted by atomic mass is 9.87. The first kappa shape index (κ1) is 15.4. The zero-order valence-corrected chi connectivity index (χ0v) is 12.4. The van der Waals surface area contributed by atoms with Gasteiger partial charge in [-0.1, -0.05) is 25.9 Å². The lowest BCUT2D eigenvalue weighted by molar-refractivity contribution is 0.134. The minimum absolute atomic E-state index is 0.0355.